The minimum absolute atomic E-state index is 0.0620. The van der Waals surface area contributed by atoms with Crippen molar-refractivity contribution in [3.05, 3.63) is 65.5 Å². The van der Waals surface area contributed by atoms with Gasteiger partial charge in [0.25, 0.3) is 11.8 Å². The highest BCUT2D eigenvalue weighted by Gasteiger charge is 2.17. The van der Waals surface area contributed by atoms with Gasteiger partial charge >= 0.3 is 0 Å². The fraction of sp³-hybridized carbons (Fsp3) is 0.318. The summed E-state index contributed by atoms with van der Waals surface area (Å²) in [4.78, 5) is 23.9. The van der Waals surface area contributed by atoms with Gasteiger partial charge in [-0.1, -0.05) is 32.9 Å². The van der Waals surface area contributed by atoms with Gasteiger partial charge in [-0.2, -0.15) is 5.10 Å². The number of hydrogen-bond acceptors (Lipinski definition) is 4. The molecule has 0 radical (unpaired) electrons. The molecule has 0 aliphatic rings. The number of nitrogens with one attached hydrogen (secondary N) is 1. The van der Waals surface area contributed by atoms with Gasteiger partial charge in [-0.25, -0.2) is 4.52 Å². The predicted octanol–water partition coefficient (Wildman–Crippen LogP) is 2.81. The maximum absolute atomic E-state index is 12.4. The van der Waals surface area contributed by atoms with Crippen LogP contribution in [0.4, 0.5) is 0 Å². The van der Waals surface area contributed by atoms with E-state index in [0.29, 0.717) is 23.4 Å². The minimum atomic E-state index is -0.643. The van der Waals surface area contributed by atoms with E-state index in [1.165, 1.54) is 11.8 Å². The van der Waals surface area contributed by atoms with Crippen LogP contribution in [0.1, 0.15) is 49.2 Å². The summed E-state index contributed by atoms with van der Waals surface area (Å²) in [6, 6.07) is 11.4. The maximum atomic E-state index is 12.4. The number of benzene rings is 1. The molecule has 2 heterocycles. The maximum Gasteiger partial charge on any atom is 0.261 e. The number of fused-ring (bicyclic) bond motifs is 1. The van der Waals surface area contributed by atoms with E-state index in [9.17, 15) is 9.59 Å². The highest BCUT2D eigenvalue weighted by atomic mass is 16.5. The second-order valence-corrected chi connectivity index (χ2v) is 8.04. The topological polar surface area (TPSA) is 98.7 Å². The Morgan fingerprint density at radius 2 is 1.90 bits per heavy atom. The van der Waals surface area contributed by atoms with Crippen molar-refractivity contribution in [1.82, 2.24) is 14.9 Å². The monoisotopic (exact) mass is 394 g/mol. The number of rotatable bonds is 6. The fourth-order valence-corrected chi connectivity index (χ4v) is 2.95. The molecule has 0 spiro atoms. The van der Waals surface area contributed by atoms with Crippen LogP contribution in [-0.2, 0) is 16.8 Å². The first-order chi connectivity index (χ1) is 13.6. The van der Waals surface area contributed by atoms with Crippen LogP contribution >= 0.6 is 0 Å². The fourth-order valence-electron chi connectivity index (χ4n) is 2.95. The van der Waals surface area contributed by atoms with Gasteiger partial charge < -0.3 is 15.8 Å². The van der Waals surface area contributed by atoms with Gasteiger partial charge in [-0.3, -0.25) is 9.59 Å². The number of nitrogens with two attached hydrogens (primary N) is 1. The number of nitrogens with zero attached hydrogens (tertiary/aromatic N) is 2. The number of carbonyl (C=O) groups excluding carboxylic acids is 2. The van der Waals surface area contributed by atoms with Crippen molar-refractivity contribution in [3.8, 4) is 5.75 Å². The van der Waals surface area contributed by atoms with Gasteiger partial charge in [-0.15, -0.1) is 0 Å². The van der Waals surface area contributed by atoms with Crippen LogP contribution in [0.15, 0.2) is 48.8 Å². The Morgan fingerprint density at radius 3 is 2.52 bits per heavy atom. The zero-order valence-electron chi connectivity index (χ0n) is 17.1. The number of pyridine rings is 1. The molecule has 1 atom stereocenters. The molecule has 0 aliphatic heterocycles. The van der Waals surface area contributed by atoms with Crippen LogP contribution in [0.5, 0.6) is 5.75 Å². The number of amides is 2. The Labute approximate surface area is 169 Å². The average molecular weight is 394 g/mol. The highest BCUT2D eigenvalue weighted by Crippen LogP contribution is 2.24. The summed E-state index contributed by atoms with van der Waals surface area (Å²) in [5.41, 5.74) is 8.40. The third-order valence-corrected chi connectivity index (χ3v) is 4.72. The van der Waals surface area contributed by atoms with Crippen molar-refractivity contribution in [2.24, 2.45) is 5.73 Å². The van der Waals surface area contributed by atoms with E-state index in [4.69, 9.17) is 10.5 Å². The van der Waals surface area contributed by atoms with Crippen molar-refractivity contribution in [3.63, 3.8) is 0 Å². The molecule has 0 bridgehead atoms. The number of carbonyl (C=O) groups is 2. The summed E-state index contributed by atoms with van der Waals surface area (Å²) in [5, 5.41) is 6.93. The third kappa shape index (κ3) is 4.74. The Morgan fingerprint density at radius 1 is 1.21 bits per heavy atom. The van der Waals surface area contributed by atoms with Crippen LogP contribution in [0.25, 0.3) is 5.52 Å². The van der Waals surface area contributed by atoms with E-state index < -0.39 is 12.0 Å². The molecule has 2 aromatic heterocycles. The Kier molecular flexibility index (Phi) is 5.59. The van der Waals surface area contributed by atoms with Crippen molar-refractivity contribution in [2.75, 3.05) is 0 Å². The average Bonchev–Trinajstić information content (AvgIpc) is 3.09. The molecule has 3 rings (SSSR count). The predicted molar refractivity (Wildman–Crippen MR) is 111 cm³/mol. The normalized spacial score (nSPS) is 12.6. The van der Waals surface area contributed by atoms with Gasteiger partial charge in [0, 0.05) is 12.7 Å². The Balaban J connectivity index is 1.61. The molecule has 0 saturated carbocycles. The van der Waals surface area contributed by atoms with Crippen molar-refractivity contribution in [2.45, 2.75) is 45.8 Å². The van der Waals surface area contributed by atoms with Crippen LogP contribution in [0.3, 0.4) is 0 Å². The number of hydrogen-bond donors (Lipinski definition) is 2. The third-order valence-electron chi connectivity index (χ3n) is 4.72. The van der Waals surface area contributed by atoms with E-state index in [1.54, 1.807) is 23.7 Å². The highest BCUT2D eigenvalue weighted by molar-refractivity contribution is 5.99. The molecule has 1 aromatic carbocycles. The molecule has 0 fully saturated rings. The molecule has 7 heteroatoms. The Bertz CT molecular complexity index is 1030. The lowest BCUT2D eigenvalue weighted by Crippen LogP contribution is -2.35. The number of primary amides is 1. The number of ether oxygens (including phenoxy) is 1. The molecule has 3 N–H and O–H groups in total. The van der Waals surface area contributed by atoms with E-state index in [2.05, 4.69) is 31.2 Å². The largest absolute Gasteiger partial charge is 0.481 e. The van der Waals surface area contributed by atoms with E-state index in [1.807, 2.05) is 30.3 Å². The number of aromatic nitrogens is 2. The molecule has 0 aliphatic carbocycles. The van der Waals surface area contributed by atoms with E-state index in [-0.39, 0.29) is 11.3 Å². The summed E-state index contributed by atoms with van der Waals surface area (Å²) in [6.07, 6.45) is 2.51. The van der Waals surface area contributed by atoms with Gasteiger partial charge in [0.15, 0.2) is 6.10 Å². The molecule has 3 aromatic rings. The summed E-state index contributed by atoms with van der Waals surface area (Å²) < 4.78 is 7.32. The van der Waals surface area contributed by atoms with Gasteiger partial charge in [0.2, 0.25) is 0 Å². The van der Waals surface area contributed by atoms with Crippen LogP contribution < -0.4 is 15.8 Å². The van der Waals surface area contributed by atoms with Crippen LogP contribution in [-0.4, -0.2) is 27.5 Å². The smallest absolute Gasteiger partial charge is 0.261 e. The Hall–Kier alpha value is -3.35. The molecule has 0 saturated heterocycles. The van der Waals surface area contributed by atoms with Gasteiger partial charge in [0.05, 0.1) is 17.3 Å². The molecular weight excluding hydrogens is 368 g/mol. The lowest BCUT2D eigenvalue weighted by molar-refractivity contribution is -0.127. The van der Waals surface area contributed by atoms with E-state index in [0.717, 1.165) is 5.56 Å². The summed E-state index contributed by atoms with van der Waals surface area (Å²) in [6.45, 7) is 8.44. The molecular formula is C22H26N4O3. The first-order valence-electron chi connectivity index (χ1n) is 9.46. The minimum Gasteiger partial charge on any atom is -0.481 e. The lowest BCUT2D eigenvalue weighted by Gasteiger charge is -2.20. The summed E-state index contributed by atoms with van der Waals surface area (Å²) >= 11 is 0. The van der Waals surface area contributed by atoms with Gasteiger partial charge in [0.1, 0.15) is 5.75 Å². The van der Waals surface area contributed by atoms with Crippen LogP contribution in [0, 0.1) is 0 Å². The summed E-state index contributed by atoms with van der Waals surface area (Å²) in [5.74, 6) is -0.124. The summed E-state index contributed by atoms with van der Waals surface area (Å²) in [7, 11) is 0. The zero-order chi connectivity index (χ0) is 21.2. The van der Waals surface area contributed by atoms with E-state index >= 15 is 0 Å². The second kappa shape index (κ2) is 7.95. The molecule has 7 nitrogen and oxygen atoms in total. The van der Waals surface area contributed by atoms with Gasteiger partial charge in [-0.05, 0) is 47.7 Å². The standard InChI is InChI=1S/C22H26N4O3/c1-14(29-17-7-5-16(6-8-17)22(2,3)4)21(28)24-12-15-9-10-26-19(11-15)18(13-25-26)20(23)27/h5-11,13-14H,12H2,1-4H3,(H2,23,27)(H,24,28). The first kappa shape index (κ1) is 20.4. The molecule has 1 unspecified atom stereocenters. The quantitative estimate of drug-likeness (QED) is 0.672. The van der Waals surface area contributed by atoms with Crippen molar-refractivity contribution in [1.29, 1.82) is 0 Å². The lowest BCUT2D eigenvalue weighted by atomic mass is 9.87. The van der Waals surface area contributed by atoms with Crippen LogP contribution in [0.2, 0.25) is 0 Å². The SMILES string of the molecule is CC(Oc1ccc(C(C)(C)C)cc1)C(=O)NCc1ccn2ncc(C(N)=O)c2c1. The molecule has 152 valence electrons. The van der Waals surface area contributed by atoms with Crippen molar-refractivity contribution >= 4 is 17.3 Å². The first-order valence-corrected chi connectivity index (χ1v) is 9.46. The molecule has 2 amide bonds. The zero-order valence-corrected chi connectivity index (χ0v) is 17.1. The van der Waals surface area contributed by atoms with Crippen molar-refractivity contribution < 1.29 is 14.3 Å². The second-order valence-electron chi connectivity index (χ2n) is 8.04. The molecule has 29 heavy (non-hydrogen) atoms.